The molecule has 5 nitrogen and oxygen atoms in total. The zero-order valence-electron chi connectivity index (χ0n) is 11.6. The highest BCUT2D eigenvalue weighted by Gasteiger charge is 2.40. The van der Waals surface area contributed by atoms with Gasteiger partial charge >= 0.3 is 5.97 Å². The summed E-state index contributed by atoms with van der Waals surface area (Å²) in [7, 11) is 0. The van der Waals surface area contributed by atoms with Crippen LogP contribution in [-0.2, 0) is 20.7 Å². The highest BCUT2D eigenvalue weighted by molar-refractivity contribution is 9.10. The molecule has 1 aliphatic rings. The van der Waals surface area contributed by atoms with E-state index in [1.807, 2.05) is 24.3 Å². The van der Waals surface area contributed by atoms with Crippen LogP contribution in [0.4, 0.5) is 0 Å². The summed E-state index contributed by atoms with van der Waals surface area (Å²) in [6.45, 7) is 0.994. The molecule has 0 radical (unpaired) electrons. The van der Waals surface area contributed by atoms with Gasteiger partial charge in [0, 0.05) is 24.2 Å². The molecule has 1 aromatic rings. The van der Waals surface area contributed by atoms with Crippen molar-refractivity contribution >= 4 is 27.8 Å². The number of hydrogen-bond acceptors (Lipinski definition) is 3. The number of ether oxygens (including phenoxy) is 1. The third-order valence-electron chi connectivity index (χ3n) is 3.84. The zero-order valence-corrected chi connectivity index (χ0v) is 13.2. The van der Waals surface area contributed by atoms with Crippen LogP contribution in [0.3, 0.4) is 0 Å². The molecule has 1 fully saturated rings. The monoisotopic (exact) mass is 355 g/mol. The van der Waals surface area contributed by atoms with Crippen molar-refractivity contribution in [2.24, 2.45) is 5.41 Å². The number of aliphatic carboxylic acids is 1. The van der Waals surface area contributed by atoms with Crippen molar-refractivity contribution in [1.29, 1.82) is 0 Å². The van der Waals surface area contributed by atoms with Gasteiger partial charge in [-0.05, 0) is 24.5 Å². The van der Waals surface area contributed by atoms with E-state index in [2.05, 4.69) is 21.2 Å². The molecule has 2 rings (SSSR count). The largest absolute Gasteiger partial charge is 0.481 e. The number of carboxylic acids is 1. The number of rotatable bonds is 5. The fourth-order valence-electron chi connectivity index (χ4n) is 2.37. The van der Waals surface area contributed by atoms with Gasteiger partial charge in [0.05, 0.1) is 11.8 Å². The number of amides is 1. The maximum Gasteiger partial charge on any atom is 0.311 e. The molecule has 1 saturated heterocycles. The van der Waals surface area contributed by atoms with Crippen molar-refractivity contribution in [3.8, 4) is 0 Å². The van der Waals surface area contributed by atoms with Gasteiger partial charge in [-0.2, -0.15) is 0 Å². The minimum Gasteiger partial charge on any atom is -0.481 e. The summed E-state index contributed by atoms with van der Waals surface area (Å²) in [4.78, 5) is 23.5. The number of benzene rings is 1. The number of hydrogen-bond donors (Lipinski definition) is 2. The fourth-order valence-corrected chi connectivity index (χ4v) is 2.80. The number of carboxylic acid groups (broad SMARTS) is 1. The van der Waals surface area contributed by atoms with Gasteiger partial charge in [-0.1, -0.05) is 34.1 Å². The van der Waals surface area contributed by atoms with Gasteiger partial charge in [0.2, 0.25) is 5.91 Å². The number of nitrogens with one attached hydrogen (secondary N) is 1. The first-order valence-electron chi connectivity index (χ1n) is 6.85. The van der Waals surface area contributed by atoms with E-state index in [1.54, 1.807) is 0 Å². The second-order valence-corrected chi connectivity index (χ2v) is 6.10. The van der Waals surface area contributed by atoms with Crippen LogP contribution in [0.1, 0.15) is 18.4 Å². The van der Waals surface area contributed by atoms with Crippen LogP contribution in [0.2, 0.25) is 0 Å². The molecule has 1 aliphatic heterocycles. The van der Waals surface area contributed by atoms with E-state index < -0.39 is 11.4 Å². The van der Waals surface area contributed by atoms with Crippen LogP contribution < -0.4 is 5.32 Å². The van der Waals surface area contributed by atoms with Gasteiger partial charge < -0.3 is 15.2 Å². The lowest BCUT2D eigenvalue weighted by Crippen LogP contribution is -2.46. The molecule has 0 aliphatic carbocycles. The average Bonchev–Trinajstić information content (AvgIpc) is 2.48. The second kappa shape index (κ2) is 7.04. The van der Waals surface area contributed by atoms with E-state index >= 15 is 0 Å². The Morgan fingerprint density at radius 3 is 2.57 bits per heavy atom. The molecule has 1 aromatic carbocycles. The number of carbonyl (C=O) groups excluding carboxylic acids is 1. The van der Waals surface area contributed by atoms with Crippen LogP contribution in [0.5, 0.6) is 0 Å². The Balaban J connectivity index is 1.93. The van der Waals surface area contributed by atoms with E-state index in [0.717, 1.165) is 10.0 Å². The first kappa shape index (κ1) is 16.0. The lowest BCUT2D eigenvalue weighted by Gasteiger charge is -2.33. The van der Waals surface area contributed by atoms with Gasteiger partial charge in [0.1, 0.15) is 0 Å². The van der Waals surface area contributed by atoms with Crippen LogP contribution in [0.25, 0.3) is 0 Å². The summed E-state index contributed by atoms with van der Waals surface area (Å²) >= 11 is 3.40. The lowest BCUT2D eigenvalue weighted by atomic mass is 9.80. The summed E-state index contributed by atoms with van der Waals surface area (Å²) in [6.07, 6.45) is 1.09. The van der Waals surface area contributed by atoms with Crippen molar-refractivity contribution in [2.45, 2.75) is 19.3 Å². The maximum absolute atomic E-state index is 12.0. The highest BCUT2D eigenvalue weighted by Crippen LogP contribution is 2.30. The van der Waals surface area contributed by atoms with Gasteiger partial charge in [0.15, 0.2) is 0 Å². The van der Waals surface area contributed by atoms with E-state index in [4.69, 9.17) is 4.74 Å². The van der Waals surface area contributed by atoms with E-state index in [9.17, 15) is 14.7 Å². The van der Waals surface area contributed by atoms with Crippen molar-refractivity contribution in [2.75, 3.05) is 19.8 Å². The lowest BCUT2D eigenvalue weighted by molar-refractivity contribution is -0.154. The smallest absolute Gasteiger partial charge is 0.311 e. The van der Waals surface area contributed by atoms with Crippen LogP contribution in [-0.4, -0.2) is 36.7 Å². The fraction of sp³-hybridized carbons (Fsp3) is 0.467. The molecular formula is C15H18BrNO4. The Hall–Kier alpha value is -1.40. The molecule has 6 heteroatoms. The van der Waals surface area contributed by atoms with Gasteiger partial charge in [-0.3, -0.25) is 9.59 Å². The molecule has 0 spiro atoms. The molecule has 0 bridgehead atoms. The van der Waals surface area contributed by atoms with Gasteiger partial charge in [-0.25, -0.2) is 0 Å². The zero-order chi connectivity index (χ0) is 15.3. The average molecular weight is 356 g/mol. The molecule has 0 atom stereocenters. The normalized spacial score (nSPS) is 17.2. The minimum atomic E-state index is -0.901. The van der Waals surface area contributed by atoms with Gasteiger partial charge in [-0.15, -0.1) is 0 Å². The summed E-state index contributed by atoms with van der Waals surface area (Å²) < 4.78 is 6.09. The SMILES string of the molecule is O=C(Cc1ccccc1Br)NCC1(C(=O)O)CCOCC1. The molecule has 2 N–H and O–H groups in total. The Morgan fingerprint density at radius 2 is 1.95 bits per heavy atom. The van der Waals surface area contributed by atoms with E-state index in [1.165, 1.54) is 0 Å². The summed E-state index contributed by atoms with van der Waals surface area (Å²) in [5.74, 6) is -1.04. The Kier molecular flexibility index (Phi) is 5.36. The number of carbonyl (C=O) groups is 2. The summed E-state index contributed by atoms with van der Waals surface area (Å²) in [5, 5.41) is 12.2. The van der Waals surface area contributed by atoms with Crippen LogP contribution >= 0.6 is 15.9 Å². The quantitative estimate of drug-likeness (QED) is 0.846. The first-order valence-corrected chi connectivity index (χ1v) is 7.64. The topological polar surface area (TPSA) is 75.6 Å². The molecule has 0 aromatic heterocycles. The number of halogens is 1. The standard InChI is InChI=1S/C15H18BrNO4/c16-12-4-2-1-3-11(12)9-13(18)17-10-15(14(19)20)5-7-21-8-6-15/h1-4H,5-10H2,(H,17,18)(H,19,20). The summed E-state index contributed by atoms with van der Waals surface area (Å²) in [6, 6.07) is 7.49. The highest BCUT2D eigenvalue weighted by atomic mass is 79.9. The van der Waals surface area contributed by atoms with Crippen LogP contribution in [0, 0.1) is 5.41 Å². The van der Waals surface area contributed by atoms with Crippen molar-refractivity contribution in [3.63, 3.8) is 0 Å². The predicted octanol–water partition coefficient (Wildman–Crippen LogP) is 1.99. The van der Waals surface area contributed by atoms with Crippen LogP contribution in [0.15, 0.2) is 28.7 Å². The molecule has 0 unspecified atom stereocenters. The van der Waals surface area contributed by atoms with Crippen molar-refractivity contribution < 1.29 is 19.4 Å². The molecule has 1 amide bonds. The third-order valence-corrected chi connectivity index (χ3v) is 4.61. The Morgan fingerprint density at radius 1 is 1.29 bits per heavy atom. The minimum absolute atomic E-state index is 0.148. The summed E-state index contributed by atoms with van der Waals surface area (Å²) in [5.41, 5.74) is -0.0201. The van der Waals surface area contributed by atoms with E-state index in [0.29, 0.717) is 26.1 Å². The molecule has 0 saturated carbocycles. The maximum atomic E-state index is 12.0. The molecule has 114 valence electrons. The van der Waals surface area contributed by atoms with Crippen molar-refractivity contribution in [1.82, 2.24) is 5.32 Å². The predicted molar refractivity (Wildman–Crippen MR) is 81.0 cm³/mol. The molecular weight excluding hydrogens is 338 g/mol. The Labute approximate surface area is 131 Å². The van der Waals surface area contributed by atoms with Crippen molar-refractivity contribution in [3.05, 3.63) is 34.3 Å². The molecule has 1 heterocycles. The first-order chi connectivity index (χ1) is 10.0. The van der Waals surface area contributed by atoms with E-state index in [-0.39, 0.29) is 18.9 Å². The molecule has 21 heavy (non-hydrogen) atoms. The van der Waals surface area contributed by atoms with Gasteiger partial charge in [0.25, 0.3) is 0 Å². The second-order valence-electron chi connectivity index (χ2n) is 5.24. The Bertz CT molecular complexity index is 526. The third kappa shape index (κ3) is 4.04.